The molecule has 15 heavy (non-hydrogen) atoms. The van der Waals surface area contributed by atoms with Gasteiger partial charge >= 0.3 is 0 Å². The molecule has 1 aliphatic heterocycles. The number of rotatable bonds is 1. The van der Waals surface area contributed by atoms with Gasteiger partial charge in [0.15, 0.2) is 5.82 Å². The second kappa shape index (κ2) is 4.13. The molecule has 0 saturated carbocycles. The van der Waals surface area contributed by atoms with E-state index in [0.29, 0.717) is 0 Å². The average Bonchev–Trinajstić information content (AvgIpc) is 2.39. The zero-order valence-electron chi connectivity index (χ0n) is 9.61. The van der Waals surface area contributed by atoms with Crippen molar-refractivity contribution >= 4 is 11.5 Å². The highest BCUT2D eigenvalue weighted by molar-refractivity contribution is 5.61. The van der Waals surface area contributed by atoms with Crippen LogP contribution in [0.3, 0.4) is 0 Å². The number of nitrogens with zero attached hydrogens (tertiary/aromatic N) is 3. The Labute approximate surface area is 91.1 Å². The predicted octanol–water partition coefficient (Wildman–Crippen LogP) is 1.63. The largest absolute Gasteiger partial charge is 0.394 e. The van der Waals surface area contributed by atoms with E-state index >= 15 is 0 Å². The minimum Gasteiger partial charge on any atom is -0.394 e. The maximum Gasteiger partial charge on any atom is 0.173 e. The molecule has 1 aliphatic rings. The predicted molar refractivity (Wildman–Crippen MR) is 62.8 cm³/mol. The van der Waals surface area contributed by atoms with E-state index in [2.05, 4.69) is 16.9 Å². The van der Waals surface area contributed by atoms with Crippen molar-refractivity contribution in [3.05, 3.63) is 6.20 Å². The van der Waals surface area contributed by atoms with Gasteiger partial charge in [-0.05, 0) is 25.2 Å². The lowest BCUT2D eigenvalue weighted by atomic mass is 10.0. The summed E-state index contributed by atoms with van der Waals surface area (Å²) in [5.74, 6) is 1.80. The lowest BCUT2D eigenvalue weighted by Crippen LogP contribution is -2.25. The standard InChI is InChI=1S/C11H20N4/c1-9-4-3-6-15(7-5-9)11-10(12)8-14(2)13-11/h8-9H,3-7,12H2,1-2H3. The van der Waals surface area contributed by atoms with Crippen LogP contribution < -0.4 is 10.6 Å². The number of nitrogens with two attached hydrogens (primary N) is 1. The van der Waals surface area contributed by atoms with E-state index in [1.54, 1.807) is 4.68 Å². The first-order chi connectivity index (χ1) is 7.16. The molecule has 2 heterocycles. The van der Waals surface area contributed by atoms with Gasteiger partial charge in [0.2, 0.25) is 0 Å². The van der Waals surface area contributed by atoms with Crippen LogP contribution in [0, 0.1) is 5.92 Å². The van der Waals surface area contributed by atoms with Crippen molar-refractivity contribution in [1.82, 2.24) is 9.78 Å². The summed E-state index contributed by atoms with van der Waals surface area (Å²) in [4.78, 5) is 2.32. The fourth-order valence-electron chi connectivity index (χ4n) is 2.22. The average molecular weight is 208 g/mol. The molecule has 1 atom stereocenters. The number of hydrogen-bond donors (Lipinski definition) is 1. The molecular weight excluding hydrogens is 188 g/mol. The zero-order chi connectivity index (χ0) is 10.8. The van der Waals surface area contributed by atoms with Crippen LogP contribution in [0.5, 0.6) is 0 Å². The Hall–Kier alpha value is -1.19. The molecule has 1 aromatic rings. The normalized spacial score (nSPS) is 22.8. The third-order valence-corrected chi connectivity index (χ3v) is 3.15. The molecule has 2 rings (SSSR count). The third kappa shape index (κ3) is 2.25. The number of nitrogen functional groups attached to an aromatic ring is 1. The summed E-state index contributed by atoms with van der Waals surface area (Å²) in [5, 5.41) is 4.42. The van der Waals surface area contributed by atoms with E-state index in [9.17, 15) is 0 Å². The maximum absolute atomic E-state index is 5.93. The topological polar surface area (TPSA) is 47.1 Å². The molecule has 0 aromatic carbocycles. The van der Waals surface area contributed by atoms with Crippen LogP contribution in [-0.4, -0.2) is 22.9 Å². The van der Waals surface area contributed by atoms with Crippen LogP contribution in [-0.2, 0) is 7.05 Å². The maximum atomic E-state index is 5.93. The van der Waals surface area contributed by atoms with E-state index in [4.69, 9.17) is 5.73 Å². The van der Waals surface area contributed by atoms with Gasteiger partial charge < -0.3 is 10.6 Å². The highest BCUT2D eigenvalue weighted by atomic mass is 15.3. The molecule has 1 unspecified atom stereocenters. The van der Waals surface area contributed by atoms with Gasteiger partial charge in [-0.15, -0.1) is 0 Å². The molecule has 4 heteroatoms. The Bertz CT molecular complexity index is 331. The first-order valence-corrected chi connectivity index (χ1v) is 5.71. The van der Waals surface area contributed by atoms with Crippen LogP contribution in [0.2, 0.25) is 0 Å². The highest BCUT2D eigenvalue weighted by Crippen LogP contribution is 2.25. The van der Waals surface area contributed by atoms with Gasteiger partial charge in [0.25, 0.3) is 0 Å². The van der Waals surface area contributed by atoms with Gasteiger partial charge in [-0.3, -0.25) is 4.68 Å². The van der Waals surface area contributed by atoms with Crippen LogP contribution in [0.25, 0.3) is 0 Å². The first kappa shape index (κ1) is 10.3. The zero-order valence-corrected chi connectivity index (χ0v) is 9.61. The molecule has 1 fully saturated rings. The quantitative estimate of drug-likeness (QED) is 0.763. The molecule has 4 nitrogen and oxygen atoms in total. The minimum atomic E-state index is 0.798. The van der Waals surface area contributed by atoms with Gasteiger partial charge in [-0.1, -0.05) is 6.92 Å². The first-order valence-electron chi connectivity index (χ1n) is 5.71. The fourth-order valence-corrected chi connectivity index (χ4v) is 2.22. The molecule has 0 bridgehead atoms. The molecule has 1 aromatic heterocycles. The van der Waals surface area contributed by atoms with Gasteiger partial charge in [0.05, 0.1) is 5.69 Å². The number of anilines is 2. The SMILES string of the molecule is CC1CCCN(c2nn(C)cc2N)CC1. The third-order valence-electron chi connectivity index (χ3n) is 3.15. The number of hydrogen-bond acceptors (Lipinski definition) is 3. The Morgan fingerprint density at radius 3 is 2.87 bits per heavy atom. The van der Waals surface area contributed by atoms with Crippen LogP contribution in [0.15, 0.2) is 6.20 Å². The van der Waals surface area contributed by atoms with Crippen molar-refractivity contribution in [2.75, 3.05) is 23.7 Å². The summed E-state index contributed by atoms with van der Waals surface area (Å²) in [5.41, 5.74) is 6.73. The van der Waals surface area contributed by atoms with E-state index < -0.39 is 0 Å². The second-order valence-corrected chi connectivity index (χ2v) is 4.60. The van der Waals surface area contributed by atoms with Crippen molar-refractivity contribution in [3.63, 3.8) is 0 Å². The van der Waals surface area contributed by atoms with E-state index in [1.165, 1.54) is 19.3 Å². The van der Waals surface area contributed by atoms with Crippen molar-refractivity contribution < 1.29 is 0 Å². The number of aromatic nitrogens is 2. The summed E-state index contributed by atoms with van der Waals surface area (Å²) in [6.07, 6.45) is 5.69. The molecule has 0 radical (unpaired) electrons. The van der Waals surface area contributed by atoms with E-state index in [-0.39, 0.29) is 0 Å². The summed E-state index contributed by atoms with van der Waals surface area (Å²) in [7, 11) is 1.92. The minimum absolute atomic E-state index is 0.798. The molecule has 1 saturated heterocycles. The second-order valence-electron chi connectivity index (χ2n) is 4.60. The summed E-state index contributed by atoms with van der Waals surface area (Å²) >= 11 is 0. The lowest BCUT2D eigenvalue weighted by Gasteiger charge is -2.20. The van der Waals surface area contributed by atoms with Gasteiger partial charge in [0, 0.05) is 26.3 Å². The molecule has 2 N–H and O–H groups in total. The van der Waals surface area contributed by atoms with Crippen LogP contribution >= 0.6 is 0 Å². The van der Waals surface area contributed by atoms with Crippen molar-refractivity contribution in [2.45, 2.75) is 26.2 Å². The molecular formula is C11H20N4. The molecule has 0 spiro atoms. The Morgan fingerprint density at radius 1 is 1.40 bits per heavy atom. The van der Waals surface area contributed by atoms with Gasteiger partial charge in [-0.25, -0.2) is 0 Å². The van der Waals surface area contributed by atoms with Crippen molar-refractivity contribution in [1.29, 1.82) is 0 Å². The van der Waals surface area contributed by atoms with E-state index in [0.717, 1.165) is 30.5 Å². The van der Waals surface area contributed by atoms with Crippen molar-refractivity contribution in [3.8, 4) is 0 Å². The highest BCUT2D eigenvalue weighted by Gasteiger charge is 2.17. The van der Waals surface area contributed by atoms with Gasteiger partial charge in [-0.2, -0.15) is 5.10 Å². The monoisotopic (exact) mass is 208 g/mol. The smallest absolute Gasteiger partial charge is 0.173 e. The number of aryl methyl sites for hydroxylation is 1. The van der Waals surface area contributed by atoms with Gasteiger partial charge in [0.1, 0.15) is 0 Å². The Balaban J connectivity index is 2.12. The summed E-state index contributed by atoms with van der Waals surface area (Å²) in [6, 6.07) is 0. The molecule has 84 valence electrons. The summed E-state index contributed by atoms with van der Waals surface area (Å²) in [6.45, 7) is 4.50. The fraction of sp³-hybridized carbons (Fsp3) is 0.727. The molecule has 0 amide bonds. The van der Waals surface area contributed by atoms with Crippen LogP contribution in [0.1, 0.15) is 26.2 Å². The Kier molecular flexibility index (Phi) is 2.84. The Morgan fingerprint density at radius 2 is 2.20 bits per heavy atom. The summed E-state index contributed by atoms with van der Waals surface area (Å²) < 4.78 is 1.79. The van der Waals surface area contributed by atoms with E-state index in [1.807, 2.05) is 13.2 Å². The lowest BCUT2D eigenvalue weighted by molar-refractivity contribution is 0.521. The van der Waals surface area contributed by atoms with Crippen molar-refractivity contribution in [2.24, 2.45) is 13.0 Å². The molecule has 0 aliphatic carbocycles. The van der Waals surface area contributed by atoms with Crippen LogP contribution in [0.4, 0.5) is 11.5 Å².